The van der Waals surface area contributed by atoms with Crippen LogP contribution in [0.3, 0.4) is 0 Å². The van der Waals surface area contributed by atoms with Gasteiger partial charge in [-0.2, -0.15) is 0 Å². The third-order valence-electron chi connectivity index (χ3n) is 7.31. The topological polar surface area (TPSA) is 66.5 Å². The summed E-state index contributed by atoms with van der Waals surface area (Å²) in [5.74, 6) is -3.14. The molecule has 1 N–H and O–H groups in total. The maximum Gasteiger partial charge on any atom is 0.240 e. The van der Waals surface area contributed by atoms with E-state index in [1.165, 1.54) is 0 Å². The number of benzene rings is 3. The highest BCUT2D eigenvalue weighted by Gasteiger charge is 2.73. The quantitative estimate of drug-likeness (QED) is 0.445. The van der Waals surface area contributed by atoms with Gasteiger partial charge in [0.1, 0.15) is 16.3 Å². The van der Waals surface area contributed by atoms with E-state index in [-0.39, 0.29) is 6.54 Å². The fourth-order valence-corrected chi connectivity index (χ4v) is 6.97. The van der Waals surface area contributed by atoms with E-state index in [4.69, 9.17) is 23.2 Å². The zero-order chi connectivity index (χ0) is 23.7. The van der Waals surface area contributed by atoms with E-state index < -0.39 is 39.3 Å². The average Bonchev–Trinajstić information content (AvgIpc) is 3.12. The molecule has 5 nitrogen and oxygen atoms in total. The van der Waals surface area contributed by atoms with Crippen LogP contribution in [-0.2, 0) is 30.7 Å². The van der Waals surface area contributed by atoms with Gasteiger partial charge in [0.2, 0.25) is 17.7 Å². The van der Waals surface area contributed by atoms with E-state index in [2.05, 4.69) is 5.32 Å². The van der Waals surface area contributed by atoms with Crippen LogP contribution in [-0.4, -0.2) is 29.2 Å². The summed E-state index contributed by atoms with van der Waals surface area (Å²) >= 11 is 14.7. The van der Waals surface area contributed by atoms with Gasteiger partial charge in [0.25, 0.3) is 0 Å². The Labute approximate surface area is 206 Å². The molecule has 4 aliphatic rings. The van der Waals surface area contributed by atoms with Crippen LogP contribution in [0.1, 0.15) is 27.8 Å². The van der Waals surface area contributed by atoms with Crippen molar-refractivity contribution in [3.8, 4) is 0 Å². The van der Waals surface area contributed by atoms with Crippen molar-refractivity contribution in [2.24, 2.45) is 11.8 Å². The number of alkyl halides is 2. The highest BCUT2D eigenvalue weighted by atomic mass is 35.5. The molecule has 1 saturated heterocycles. The lowest BCUT2D eigenvalue weighted by Crippen LogP contribution is -2.57. The molecule has 34 heavy (non-hydrogen) atoms. The predicted molar refractivity (Wildman–Crippen MR) is 128 cm³/mol. The molecule has 3 aliphatic carbocycles. The minimum absolute atomic E-state index is 0.304. The number of amides is 3. The van der Waals surface area contributed by atoms with Gasteiger partial charge >= 0.3 is 0 Å². The second kappa shape index (κ2) is 7.42. The van der Waals surface area contributed by atoms with Crippen LogP contribution in [0.2, 0.25) is 0 Å². The maximum atomic E-state index is 13.7. The van der Waals surface area contributed by atoms with Crippen LogP contribution in [0.5, 0.6) is 0 Å². The first-order chi connectivity index (χ1) is 16.4. The number of halogens is 2. The summed E-state index contributed by atoms with van der Waals surface area (Å²) in [7, 11) is 0. The molecule has 3 amide bonds. The SMILES string of the molecule is O=C(CN1C(=O)[C@H]2[C@H](C1=O)C1(Cl)c3ccccc3C2(Cl)c2ccccc21)NCc1ccccc1. The van der Waals surface area contributed by atoms with Crippen LogP contribution in [0.4, 0.5) is 0 Å². The average molecular weight is 491 g/mol. The number of hydrogen-bond donors (Lipinski definition) is 1. The Morgan fingerprint density at radius 2 is 1.15 bits per heavy atom. The molecule has 0 unspecified atom stereocenters. The smallest absolute Gasteiger partial charge is 0.240 e. The van der Waals surface area contributed by atoms with Gasteiger partial charge in [0.15, 0.2) is 0 Å². The Hall–Kier alpha value is -3.15. The van der Waals surface area contributed by atoms with Crippen molar-refractivity contribution in [1.82, 2.24) is 10.2 Å². The molecule has 1 fully saturated rings. The van der Waals surface area contributed by atoms with E-state index in [1.807, 2.05) is 78.9 Å². The lowest BCUT2D eigenvalue weighted by Gasteiger charge is -2.54. The second-order valence-electron chi connectivity index (χ2n) is 8.99. The van der Waals surface area contributed by atoms with Crippen LogP contribution < -0.4 is 5.32 Å². The van der Waals surface area contributed by atoms with Gasteiger partial charge in [-0.15, -0.1) is 23.2 Å². The van der Waals surface area contributed by atoms with E-state index in [1.54, 1.807) is 0 Å². The minimum atomic E-state index is -1.24. The number of carbonyl (C=O) groups excluding carboxylic acids is 3. The molecule has 7 rings (SSSR count). The van der Waals surface area contributed by atoms with Crippen molar-refractivity contribution >= 4 is 40.9 Å². The number of hydrogen-bond acceptors (Lipinski definition) is 3. The Balaban J connectivity index is 1.38. The van der Waals surface area contributed by atoms with Crippen molar-refractivity contribution in [1.29, 1.82) is 0 Å². The number of nitrogens with one attached hydrogen (secondary N) is 1. The standard InChI is InChI=1S/C27H20Cl2N2O3/c28-26-17-10-4-5-11-18(17)27(29,20-13-7-6-12-19(20)26)23-22(26)24(33)31(25(23)34)15-21(32)30-14-16-8-2-1-3-9-16/h1-13,22-23H,14-15H2,(H,30,32)/t22-,23-,26?,27?/m1/s1. The van der Waals surface area contributed by atoms with Crippen molar-refractivity contribution < 1.29 is 14.4 Å². The molecule has 170 valence electrons. The van der Waals surface area contributed by atoms with Gasteiger partial charge in [0, 0.05) is 6.54 Å². The molecular weight excluding hydrogens is 471 g/mol. The number of nitrogens with zero attached hydrogens (tertiary/aromatic N) is 1. The predicted octanol–water partition coefficient (Wildman–Crippen LogP) is 3.90. The zero-order valence-corrected chi connectivity index (χ0v) is 19.5. The monoisotopic (exact) mass is 490 g/mol. The van der Waals surface area contributed by atoms with Gasteiger partial charge < -0.3 is 5.32 Å². The Morgan fingerprint density at radius 1 is 0.735 bits per heavy atom. The van der Waals surface area contributed by atoms with E-state index in [0.29, 0.717) is 6.54 Å². The molecule has 0 radical (unpaired) electrons. The maximum absolute atomic E-state index is 13.7. The van der Waals surface area contributed by atoms with Gasteiger partial charge in [0.05, 0.1) is 11.8 Å². The third kappa shape index (κ3) is 2.65. The summed E-state index contributed by atoms with van der Waals surface area (Å²) < 4.78 is 0. The highest BCUT2D eigenvalue weighted by molar-refractivity contribution is 6.36. The second-order valence-corrected chi connectivity index (χ2v) is 10.2. The first kappa shape index (κ1) is 21.4. The Morgan fingerprint density at radius 3 is 1.59 bits per heavy atom. The van der Waals surface area contributed by atoms with E-state index in [0.717, 1.165) is 32.7 Å². The third-order valence-corrected chi connectivity index (χ3v) is 8.60. The fourth-order valence-electron chi connectivity index (χ4n) is 5.88. The van der Waals surface area contributed by atoms with Gasteiger partial charge in [-0.1, -0.05) is 78.9 Å². The minimum Gasteiger partial charge on any atom is -0.350 e. The molecule has 0 spiro atoms. The Bertz CT molecular complexity index is 1240. The molecular formula is C27H20Cl2N2O3. The highest BCUT2D eigenvalue weighted by Crippen LogP contribution is 2.69. The lowest BCUT2D eigenvalue weighted by molar-refractivity contribution is -0.143. The summed E-state index contributed by atoms with van der Waals surface area (Å²) in [6.07, 6.45) is 0. The molecule has 2 atom stereocenters. The Kier molecular flexibility index (Phi) is 4.67. The molecule has 0 saturated carbocycles. The normalized spacial score (nSPS) is 28.4. The lowest BCUT2D eigenvalue weighted by atomic mass is 9.54. The van der Waals surface area contributed by atoms with Crippen LogP contribution in [0.15, 0.2) is 78.9 Å². The molecule has 7 heteroatoms. The number of rotatable bonds is 4. The van der Waals surface area contributed by atoms with E-state index >= 15 is 0 Å². The number of carbonyl (C=O) groups is 3. The van der Waals surface area contributed by atoms with Crippen LogP contribution in [0.25, 0.3) is 0 Å². The molecule has 3 aromatic carbocycles. The summed E-state index contributed by atoms with van der Waals surface area (Å²) in [5.41, 5.74) is 3.88. The van der Waals surface area contributed by atoms with Crippen molar-refractivity contribution in [2.45, 2.75) is 16.3 Å². The van der Waals surface area contributed by atoms with Gasteiger partial charge in [-0.25, -0.2) is 0 Å². The van der Waals surface area contributed by atoms with Crippen molar-refractivity contribution in [3.63, 3.8) is 0 Å². The molecule has 3 aromatic rings. The summed E-state index contributed by atoms with van der Waals surface area (Å²) in [4.78, 5) is 38.7. The first-order valence-corrected chi connectivity index (χ1v) is 11.9. The molecule has 1 heterocycles. The summed E-state index contributed by atoms with van der Waals surface area (Å²) in [5, 5.41) is 2.79. The van der Waals surface area contributed by atoms with Crippen molar-refractivity contribution in [2.75, 3.05) is 6.54 Å². The first-order valence-electron chi connectivity index (χ1n) is 11.1. The largest absolute Gasteiger partial charge is 0.350 e. The number of likely N-dealkylation sites (tertiary alicyclic amines) is 1. The number of imide groups is 1. The molecule has 0 aromatic heterocycles. The van der Waals surface area contributed by atoms with E-state index in [9.17, 15) is 14.4 Å². The zero-order valence-electron chi connectivity index (χ0n) is 18.0. The summed E-state index contributed by atoms with van der Waals surface area (Å²) in [6, 6.07) is 24.4. The van der Waals surface area contributed by atoms with Crippen LogP contribution in [0, 0.1) is 11.8 Å². The van der Waals surface area contributed by atoms with Crippen molar-refractivity contribution in [3.05, 3.63) is 107 Å². The van der Waals surface area contributed by atoms with Crippen LogP contribution >= 0.6 is 23.2 Å². The molecule has 1 aliphatic heterocycles. The fraction of sp³-hybridized carbons (Fsp3) is 0.222. The van der Waals surface area contributed by atoms with Gasteiger partial charge in [-0.05, 0) is 27.8 Å². The molecule has 2 bridgehead atoms. The van der Waals surface area contributed by atoms with Gasteiger partial charge in [-0.3, -0.25) is 19.3 Å². The summed E-state index contributed by atoms with van der Waals surface area (Å²) in [6.45, 7) is -0.0668.